The summed E-state index contributed by atoms with van der Waals surface area (Å²) in [6, 6.07) is 1.82. The second kappa shape index (κ2) is 5.30. The van der Waals surface area contributed by atoms with Gasteiger partial charge >= 0.3 is 5.97 Å². The van der Waals surface area contributed by atoms with Crippen LogP contribution in [-0.2, 0) is 4.74 Å². The Labute approximate surface area is 94.6 Å². The first-order chi connectivity index (χ1) is 8.01. The third kappa shape index (κ3) is 2.72. The Balaban J connectivity index is 3.39. The summed E-state index contributed by atoms with van der Waals surface area (Å²) < 4.78 is 42.5. The first-order valence-electron chi connectivity index (χ1n) is 4.57. The summed E-state index contributed by atoms with van der Waals surface area (Å²) in [6.07, 6.45) is -3.07. The number of hydrogen-bond acceptors (Lipinski definition) is 4. The summed E-state index contributed by atoms with van der Waals surface area (Å²) >= 11 is 0. The van der Waals surface area contributed by atoms with Gasteiger partial charge in [-0.15, -0.1) is 0 Å². The third-order valence-corrected chi connectivity index (χ3v) is 1.83. The average molecular weight is 244 g/mol. The molecule has 0 spiro atoms. The SMILES string of the molecule is CCOC(=O)c1nc(F)cc(C(F)F)c1C#N. The molecule has 0 saturated heterocycles. The highest BCUT2D eigenvalue weighted by molar-refractivity contribution is 5.90. The van der Waals surface area contributed by atoms with Crippen LogP contribution in [0.25, 0.3) is 0 Å². The number of rotatable bonds is 3. The number of ether oxygens (including phenoxy) is 1. The van der Waals surface area contributed by atoms with Crippen molar-refractivity contribution in [3.63, 3.8) is 0 Å². The number of nitrogens with zero attached hydrogens (tertiary/aromatic N) is 2. The van der Waals surface area contributed by atoms with Gasteiger partial charge in [0.25, 0.3) is 6.43 Å². The molecule has 0 saturated carbocycles. The molecule has 17 heavy (non-hydrogen) atoms. The fourth-order valence-electron chi connectivity index (χ4n) is 1.17. The van der Waals surface area contributed by atoms with Crippen LogP contribution in [0.1, 0.15) is 35.0 Å². The molecule has 1 aromatic heterocycles. The lowest BCUT2D eigenvalue weighted by Gasteiger charge is -2.07. The summed E-state index contributed by atoms with van der Waals surface area (Å²) in [7, 11) is 0. The number of carbonyl (C=O) groups is 1. The van der Waals surface area contributed by atoms with Crippen LogP contribution >= 0.6 is 0 Å². The van der Waals surface area contributed by atoms with Crippen LogP contribution in [0.3, 0.4) is 0 Å². The Hall–Kier alpha value is -2.10. The van der Waals surface area contributed by atoms with Crippen LogP contribution in [0.15, 0.2) is 6.07 Å². The maximum atomic E-state index is 12.9. The smallest absolute Gasteiger partial charge is 0.358 e. The van der Waals surface area contributed by atoms with Gasteiger partial charge in [-0.2, -0.15) is 9.65 Å². The number of nitriles is 1. The maximum absolute atomic E-state index is 12.9. The first-order valence-corrected chi connectivity index (χ1v) is 4.57. The molecular formula is C10H7F3N2O2. The van der Waals surface area contributed by atoms with Crippen molar-refractivity contribution in [2.45, 2.75) is 13.3 Å². The van der Waals surface area contributed by atoms with Gasteiger partial charge in [-0.3, -0.25) is 0 Å². The molecule has 0 amide bonds. The van der Waals surface area contributed by atoms with Gasteiger partial charge in [0.1, 0.15) is 6.07 Å². The number of halogens is 3. The van der Waals surface area contributed by atoms with Gasteiger partial charge in [0.2, 0.25) is 5.95 Å². The number of alkyl halides is 2. The van der Waals surface area contributed by atoms with E-state index in [0.717, 1.165) is 0 Å². The predicted molar refractivity (Wildman–Crippen MR) is 49.8 cm³/mol. The van der Waals surface area contributed by atoms with Crippen LogP contribution in [0, 0.1) is 17.3 Å². The number of esters is 1. The van der Waals surface area contributed by atoms with Gasteiger partial charge in [-0.1, -0.05) is 0 Å². The quantitative estimate of drug-likeness (QED) is 0.604. The van der Waals surface area contributed by atoms with Crippen molar-refractivity contribution < 1.29 is 22.7 Å². The fourth-order valence-corrected chi connectivity index (χ4v) is 1.17. The van der Waals surface area contributed by atoms with E-state index in [0.29, 0.717) is 6.07 Å². The zero-order valence-electron chi connectivity index (χ0n) is 8.71. The van der Waals surface area contributed by atoms with E-state index >= 15 is 0 Å². The van der Waals surface area contributed by atoms with Crippen LogP contribution in [0.5, 0.6) is 0 Å². The van der Waals surface area contributed by atoms with Gasteiger partial charge in [0, 0.05) is 11.6 Å². The monoisotopic (exact) mass is 244 g/mol. The Morgan fingerprint density at radius 1 is 1.65 bits per heavy atom. The van der Waals surface area contributed by atoms with E-state index in [1.807, 2.05) is 0 Å². The molecule has 1 heterocycles. The van der Waals surface area contributed by atoms with E-state index in [9.17, 15) is 18.0 Å². The topological polar surface area (TPSA) is 63.0 Å². The lowest BCUT2D eigenvalue weighted by molar-refractivity contribution is 0.0517. The highest BCUT2D eigenvalue weighted by Crippen LogP contribution is 2.25. The minimum Gasteiger partial charge on any atom is -0.461 e. The Morgan fingerprint density at radius 2 is 2.29 bits per heavy atom. The van der Waals surface area contributed by atoms with Crippen molar-refractivity contribution in [3.05, 3.63) is 28.8 Å². The van der Waals surface area contributed by atoms with Crippen molar-refractivity contribution >= 4 is 5.97 Å². The van der Waals surface area contributed by atoms with E-state index in [1.165, 1.54) is 13.0 Å². The molecule has 0 aliphatic heterocycles. The van der Waals surface area contributed by atoms with Crippen molar-refractivity contribution in [2.75, 3.05) is 6.61 Å². The zero-order chi connectivity index (χ0) is 13.0. The number of carbonyl (C=O) groups excluding carboxylic acids is 1. The first kappa shape index (κ1) is 13.0. The van der Waals surface area contributed by atoms with Gasteiger partial charge < -0.3 is 4.74 Å². The molecule has 0 aliphatic carbocycles. The molecule has 4 nitrogen and oxygen atoms in total. The predicted octanol–water partition coefficient (Wildman–Crippen LogP) is 2.21. The minimum absolute atomic E-state index is 0.0358. The third-order valence-electron chi connectivity index (χ3n) is 1.83. The van der Waals surface area contributed by atoms with Crippen LogP contribution < -0.4 is 0 Å². The zero-order valence-corrected chi connectivity index (χ0v) is 8.71. The van der Waals surface area contributed by atoms with Crippen molar-refractivity contribution in [3.8, 4) is 6.07 Å². The Bertz CT molecular complexity index is 483. The fraction of sp³-hybridized carbons (Fsp3) is 0.300. The van der Waals surface area contributed by atoms with E-state index < -0.39 is 35.2 Å². The molecule has 7 heteroatoms. The standard InChI is InChI=1S/C10H7F3N2O2/c1-2-17-10(16)8-6(4-14)5(9(12)13)3-7(11)15-8/h3,9H,2H2,1H3. The van der Waals surface area contributed by atoms with E-state index in [2.05, 4.69) is 9.72 Å². The lowest BCUT2D eigenvalue weighted by atomic mass is 10.1. The normalized spacial score (nSPS) is 10.1. The summed E-state index contributed by atoms with van der Waals surface area (Å²) in [5.74, 6) is -2.37. The lowest BCUT2D eigenvalue weighted by Crippen LogP contribution is -2.13. The Morgan fingerprint density at radius 3 is 2.76 bits per heavy atom. The van der Waals surface area contributed by atoms with Gasteiger partial charge in [-0.05, 0) is 6.92 Å². The summed E-state index contributed by atoms with van der Waals surface area (Å²) in [6.45, 7) is 1.45. The molecule has 0 radical (unpaired) electrons. The highest BCUT2D eigenvalue weighted by Gasteiger charge is 2.24. The summed E-state index contributed by atoms with van der Waals surface area (Å²) in [5.41, 5.74) is -2.27. The van der Waals surface area contributed by atoms with E-state index in [4.69, 9.17) is 5.26 Å². The molecule has 0 N–H and O–H groups in total. The molecule has 0 unspecified atom stereocenters. The molecule has 1 rings (SSSR count). The highest BCUT2D eigenvalue weighted by atomic mass is 19.3. The second-order valence-corrected chi connectivity index (χ2v) is 2.89. The number of hydrogen-bond donors (Lipinski definition) is 0. The van der Waals surface area contributed by atoms with E-state index in [-0.39, 0.29) is 6.61 Å². The van der Waals surface area contributed by atoms with Crippen LogP contribution in [-0.4, -0.2) is 17.6 Å². The molecule has 0 bridgehead atoms. The minimum atomic E-state index is -3.07. The van der Waals surface area contributed by atoms with Crippen LogP contribution in [0.2, 0.25) is 0 Å². The van der Waals surface area contributed by atoms with Crippen molar-refractivity contribution in [1.29, 1.82) is 5.26 Å². The maximum Gasteiger partial charge on any atom is 0.358 e. The molecule has 0 atom stereocenters. The van der Waals surface area contributed by atoms with Crippen molar-refractivity contribution in [2.24, 2.45) is 0 Å². The average Bonchev–Trinajstić information content (AvgIpc) is 2.28. The molecule has 1 aromatic rings. The molecule has 0 fully saturated rings. The largest absolute Gasteiger partial charge is 0.461 e. The number of aromatic nitrogens is 1. The number of pyridine rings is 1. The molecule has 0 aromatic carbocycles. The summed E-state index contributed by atoms with van der Waals surface area (Å²) in [4.78, 5) is 14.4. The van der Waals surface area contributed by atoms with Gasteiger partial charge in [-0.25, -0.2) is 18.6 Å². The Kier molecular flexibility index (Phi) is 4.04. The van der Waals surface area contributed by atoms with Gasteiger partial charge in [0.05, 0.1) is 12.2 Å². The molecular weight excluding hydrogens is 237 g/mol. The van der Waals surface area contributed by atoms with Gasteiger partial charge in [0.15, 0.2) is 5.69 Å². The molecule has 0 aliphatic rings. The molecule has 90 valence electrons. The van der Waals surface area contributed by atoms with E-state index in [1.54, 1.807) is 0 Å². The second-order valence-electron chi connectivity index (χ2n) is 2.89. The van der Waals surface area contributed by atoms with Crippen LogP contribution in [0.4, 0.5) is 13.2 Å². The summed E-state index contributed by atoms with van der Waals surface area (Å²) in [5, 5.41) is 8.70. The van der Waals surface area contributed by atoms with Crippen molar-refractivity contribution in [1.82, 2.24) is 4.98 Å².